The van der Waals surface area contributed by atoms with Crippen LogP contribution in [0.1, 0.15) is 16.8 Å². The first-order valence-electron chi connectivity index (χ1n) is 5.52. The van der Waals surface area contributed by atoms with Crippen LogP contribution in [0.25, 0.3) is 0 Å². The van der Waals surface area contributed by atoms with Crippen LogP contribution in [0, 0.1) is 20.8 Å². The minimum absolute atomic E-state index is 0.230. The van der Waals surface area contributed by atoms with Gasteiger partial charge in [0.2, 0.25) is 5.28 Å². The van der Waals surface area contributed by atoms with Crippen molar-refractivity contribution >= 4 is 29.1 Å². The number of benzene rings is 1. The molecule has 1 aromatic heterocycles. The highest BCUT2D eigenvalue weighted by Gasteiger charge is 2.09. The number of hydrogen-bond donors (Lipinski definition) is 1. The molecule has 0 unspecified atom stereocenters. The van der Waals surface area contributed by atoms with Crippen LogP contribution in [0.3, 0.4) is 0 Å². The van der Waals surface area contributed by atoms with Crippen LogP contribution in [0.4, 0.5) is 5.69 Å². The van der Waals surface area contributed by atoms with Crippen LogP contribution in [-0.4, -0.2) is 9.97 Å². The van der Waals surface area contributed by atoms with Gasteiger partial charge in [-0.25, -0.2) is 9.97 Å². The SMILES string of the molecule is Cc1ccc(Sc2nc(Cl)nc(C)c2N)cc1C. The molecular weight excluding hydrogens is 266 g/mol. The first-order valence-corrected chi connectivity index (χ1v) is 6.71. The third-order valence-corrected chi connectivity index (χ3v) is 3.93. The van der Waals surface area contributed by atoms with E-state index in [9.17, 15) is 0 Å². The number of aromatic nitrogens is 2. The second-order valence-corrected chi connectivity index (χ2v) is 5.55. The topological polar surface area (TPSA) is 51.8 Å². The van der Waals surface area contributed by atoms with Crippen LogP contribution in [-0.2, 0) is 0 Å². The summed E-state index contributed by atoms with van der Waals surface area (Å²) < 4.78 is 0. The Kier molecular flexibility index (Phi) is 3.78. The van der Waals surface area contributed by atoms with Crippen molar-refractivity contribution in [2.24, 2.45) is 0 Å². The van der Waals surface area contributed by atoms with Crippen molar-refractivity contribution in [3.63, 3.8) is 0 Å². The molecular formula is C13H14ClN3S. The van der Waals surface area contributed by atoms with Crippen LogP contribution >= 0.6 is 23.4 Å². The maximum absolute atomic E-state index is 5.96. The summed E-state index contributed by atoms with van der Waals surface area (Å²) in [7, 11) is 0. The number of halogens is 1. The van der Waals surface area contributed by atoms with E-state index in [0.717, 1.165) is 4.90 Å². The summed E-state index contributed by atoms with van der Waals surface area (Å²) in [6.07, 6.45) is 0. The molecule has 0 radical (unpaired) electrons. The Morgan fingerprint density at radius 3 is 2.50 bits per heavy atom. The first kappa shape index (κ1) is 13.2. The summed E-state index contributed by atoms with van der Waals surface area (Å²) in [5, 5.41) is 0.934. The van der Waals surface area contributed by atoms with Crippen LogP contribution < -0.4 is 5.73 Å². The third kappa shape index (κ3) is 2.76. The van der Waals surface area contributed by atoms with E-state index in [4.69, 9.17) is 17.3 Å². The van der Waals surface area contributed by atoms with E-state index >= 15 is 0 Å². The van der Waals surface area contributed by atoms with Gasteiger partial charge in [-0.15, -0.1) is 0 Å². The van der Waals surface area contributed by atoms with Gasteiger partial charge in [0.05, 0.1) is 11.4 Å². The van der Waals surface area contributed by atoms with Crippen molar-refractivity contribution < 1.29 is 0 Å². The fourth-order valence-electron chi connectivity index (χ4n) is 1.49. The van der Waals surface area contributed by atoms with Crippen molar-refractivity contribution in [3.05, 3.63) is 40.3 Å². The molecule has 1 heterocycles. The van der Waals surface area contributed by atoms with Gasteiger partial charge in [-0.1, -0.05) is 17.8 Å². The lowest BCUT2D eigenvalue weighted by atomic mass is 10.1. The summed E-state index contributed by atoms with van der Waals surface area (Å²) in [6.45, 7) is 6.00. The summed E-state index contributed by atoms with van der Waals surface area (Å²) in [5.74, 6) is 0. The molecule has 18 heavy (non-hydrogen) atoms. The van der Waals surface area contributed by atoms with Gasteiger partial charge in [-0.3, -0.25) is 0 Å². The molecule has 0 saturated carbocycles. The molecule has 2 aromatic rings. The Hall–Kier alpha value is -1.26. The largest absolute Gasteiger partial charge is 0.395 e. The number of aryl methyl sites for hydroxylation is 3. The minimum atomic E-state index is 0.230. The molecule has 0 fully saturated rings. The van der Waals surface area contributed by atoms with E-state index in [1.165, 1.54) is 22.9 Å². The lowest BCUT2D eigenvalue weighted by Crippen LogP contribution is -1.99. The molecule has 1 aromatic carbocycles. The van der Waals surface area contributed by atoms with E-state index in [-0.39, 0.29) is 5.28 Å². The minimum Gasteiger partial charge on any atom is -0.395 e. The van der Waals surface area contributed by atoms with Gasteiger partial charge < -0.3 is 5.73 Å². The summed E-state index contributed by atoms with van der Waals surface area (Å²) in [4.78, 5) is 9.29. The number of nitrogens with two attached hydrogens (primary N) is 1. The monoisotopic (exact) mass is 279 g/mol. The van der Waals surface area contributed by atoms with Gasteiger partial charge in [0.25, 0.3) is 0 Å². The lowest BCUT2D eigenvalue weighted by Gasteiger charge is -2.08. The standard InChI is InChI=1S/C13H14ClN3S/c1-7-4-5-10(6-8(7)2)18-12-11(15)9(3)16-13(14)17-12/h4-6H,15H2,1-3H3. The highest BCUT2D eigenvalue weighted by atomic mass is 35.5. The zero-order valence-corrected chi connectivity index (χ0v) is 12.1. The third-order valence-electron chi connectivity index (χ3n) is 2.77. The molecule has 3 nitrogen and oxygen atoms in total. The van der Waals surface area contributed by atoms with Gasteiger partial charge >= 0.3 is 0 Å². The number of hydrogen-bond acceptors (Lipinski definition) is 4. The second-order valence-electron chi connectivity index (χ2n) is 4.15. The van der Waals surface area contributed by atoms with Crippen LogP contribution in [0.15, 0.2) is 28.1 Å². The average molecular weight is 280 g/mol. The van der Waals surface area contributed by atoms with Crippen molar-refractivity contribution in [1.29, 1.82) is 0 Å². The van der Waals surface area contributed by atoms with Crippen molar-refractivity contribution in [1.82, 2.24) is 9.97 Å². The molecule has 2 N–H and O–H groups in total. The Morgan fingerprint density at radius 2 is 1.83 bits per heavy atom. The van der Waals surface area contributed by atoms with E-state index in [1.807, 2.05) is 6.92 Å². The molecule has 94 valence electrons. The number of nitrogens with zero attached hydrogens (tertiary/aromatic N) is 2. The quantitative estimate of drug-likeness (QED) is 0.671. The predicted octanol–water partition coefficient (Wildman–Crippen LogP) is 3.79. The fourth-order valence-corrected chi connectivity index (χ4v) is 2.74. The second kappa shape index (κ2) is 5.16. The molecule has 0 spiro atoms. The van der Waals surface area contributed by atoms with Gasteiger partial charge in [-0.05, 0) is 55.6 Å². The number of nitrogen functional groups attached to an aromatic ring is 1. The normalized spacial score (nSPS) is 10.7. The molecule has 0 aliphatic carbocycles. The van der Waals surface area contributed by atoms with Crippen molar-refractivity contribution in [3.8, 4) is 0 Å². The molecule has 0 atom stereocenters. The average Bonchev–Trinajstić information content (AvgIpc) is 2.30. The van der Waals surface area contributed by atoms with Gasteiger partial charge in [-0.2, -0.15) is 0 Å². The molecule has 0 bridgehead atoms. The first-order chi connectivity index (χ1) is 8.47. The lowest BCUT2D eigenvalue weighted by molar-refractivity contribution is 1.02. The Balaban J connectivity index is 2.36. The van der Waals surface area contributed by atoms with Crippen LogP contribution in [0.5, 0.6) is 0 Å². The smallest absolute Gasteiger partial charge is 0.223 e. The molecule has 0 amide bonds. The van der Waals surface area contributed by atoms with Gasteiger partial charge in [0.1, 0.15) is 5.03 Å². The van der Waals surface area contributed by atoms with E-state index in [1.54, 1.807) is 0 Å². The zero-order chi connectivity index (χ0) is 13.3. The van der Waals surface area contributed by atoms with E-state index < -0.39 is 0 Å². The van der Waals surface area contributed by atoms with Crippen LogP contribution in [0.2, 0.25) is 5.28 Å². The van der Waals surface area contributed by atoms with Crippen molar-refractivity contribution in [2.45, 2.75) is 30.7 Å². The van der Waals surface area contributed by atoms with E-state index in [2.05, 4.69) is 42.0 Å². The molecule has 2 rings (SSSR count). The fraction of sp³-hybridized carbons (Fsp3) is 0.231. The van der Waals surface area contributed by atoms with Gasteiger partial charge in [0, 0.05) is 4.90 Å². The number of anilines is 1. The predicted molar refractivity (Wildman–Crippen MR) is 76.2 cm³/mol. The number of rotatable bonds is 2. The molecule has 5 heteroatoms. The highest BCUT2D eigenvalue weighted by molar-refractivity contribution is 7.99. The molecule has 0 aliphatic rings. The Morgan fingerprint density at radius 1 is 1.11 bits per heavy atom. The van der Waals surface area contributed by atoms with Crippen molar-refractivity contribution in [2.75, 3.05) is 5.73 Å². The van der Waals surface area contributed by atoms with E-state index in [0.29, 0.717) is 16.4 Å². The maximum Gasteiger partial charge on any atom is 0.223 e. The zero-order valence-electron chi connectivity index (χ0n) is 10.5. The summed E-state index contributed by atoms with van der Waals surface area (Å²) in [6, 6.07) is 6.26. The maximum atomic E-state index is 5.96. The summed E-state index contributed by atoms with van der Waals surface area (Å²) in [5.41, 5.74) is 9.77. The Bertz CT molecular complexity index is 599. The highest BCUT2D eigenvalue weighted by Crippen LogP contribution is 2.33. The Labute approximate surface area is 116 Å². The van der Waals surface area contributed by atoms with Gasteiger partial charge in [0.15, 0.2) is 0 Å². The summed E-state index contributed by atoms with van der Waals surface area (Å²) >= 11 is 7.36. The molecule has 0 aliphatic heterocycles. The molecule has 0 saturated heterocycles.